The summed E-state index contributed by atoms with van der Waals surface area (Å²) >= 11 is 0. The lowest BCUT2D eigenvalue weighted by molar-refractivity contribution is 0.0632. The first-order valence-electron chi connectivity index (χ1n) is 6.42. The Bertz CT molecular complexity index is 601. The fraction of sp³-hybridized carbons (Fsp3) is 0.357. The average molecular weight is 299 g/mol. The van der Waals surface area contributed by atoms with Crippen molar-refractivity contribution in [3.8, 4) is 5.75 Å². The first kappa shape index (κ1) is 15.4. The van der Waals surface area contributed by atoms with Gasteiger partial charge in [-0.2, -0.15) is 8.78 Å². The second-order valence-electron chi connectivity index (χ2n) is 4.51. The summed E-state index contributed by atoms with van der Waals surface area (Å²) < 4.78 is 45.0. The van der Waals surface area contributed by atoms with Gasteiger partial charge < -0.3 is 10.1 Å². The van der Waals surface area contributed by atoms with Crippen LogP contribution in [-0.2, 0) is 6.61 Å². The van der Waals surface area contributed by atoms with Crippen LogP contribution in [0, 0.1) is 5.82 Å². The lowest BCUT2D eigenvalue weighted by Gasteiger charge is -2.17. The summed E-state index contributed by atoms with van der Waals surface area (Å²) in [6.45, 7) is -0.941. The van der Waals surface area contributed by atoms with E-state index in [0.717, 1.165) is 4.57 Å². The molecule has 4 nitrogen and oxygen atoms in total. The van der Waals surface area contributed by atoms with Crippen LogP contribution < -0.4 is 10.1 Å². The van der Waals surface area contributed by atoms with Gasteiger partial charge in [0.25, 0.3) is 0 Å². The highest BCUT2D eigenvalue weighted by atomic mass is 19.3. The molecule has 1 heterocycles. The van der Waals surface area contributed by atoms with Crippen molar-refractivity contribution in [2.45, 2.75) is 26.1 Å². The Morgan fingerprint density at radius 2 is 2.14 bits per heavy atom. The van der Waals surface area contributed by atoms with E-state index in [9.17, 15) is 13.2 Å². The van der Waals surface area contributed by atoms with Crippen molar-refractivity contribution in [1.29, 1.82) is 0 Å². The topological polar surface area (TPSA) is 39.1 Å². The third-order valence-corrected chi connectivity index (χ3v) is 3.19. The molecule has 1 atom stereocenters. The molecule has 0 fully saturated rings. The lowest BCUT2D eigenvalue weighted by Crippen LogP contribution is -2.15. The van der Waals surface area contributed by atoms with E-state index in [1.165, 1.54) is 30.6 Å². The van der Waals surface area contributed by atoms with E-state index in [2.05, 4.69) is 10.3 Å². The standard InChI is InChI=1S/C14H16F3N3O/c1-9(18-2)11-7-10(15)3-4-12(11)21-8-13-19-5-6-20(13)14(16)17/h3-7,9,14,18H,8H2,1-2H3. The molecule has 0 bridgehead atoms. The van der Waals surface area contributed by atoms with Crippen molar-refractivity contribution in [3.63, 3.8) is 0 Å². The van der Waals surface area contributed by atoms with Gasteiger partial charge in [0, 0.05) is 24.0 Å². The van der Waals surface area contributed by atoms with Gasteiger partial charge >= 0.3 is 6.55 Å². The number of alkyl halides is 2. The SMILES string of the molecule is CNC(C)c1cc(F)ccc1OCc1nccn1C(F)F. The van der Waals surface area contributed by atoms with E-state index in [1.807, 2.05) is 6.92 Å². The molecule has 2 aromatic rings. The van der Waals surface area contributed by atoms with E-state index in [0.29, 0.717) is 11.3 Å². The predicted molar refractivity (Wildman–Crippen MR) is 71.7 cm³/mol. The molecule has 1 aromatic heterocycles. The zero-order chi connectivity index (χ0) is 15.4. The molecule has 7 heteroatoms. The molecular formula is C14H16F3N3O. The Morgan fingerprint density at radius 3 is 2.81 bits per heavy atom. The van der Waals surface area contributed by atoms with Crippen molar-refractivity contribution in [2.75, 3.05) is 7.05 Å². The molecule has 0 spiro atoms. The molecule has 1 aromatic carbocycles. The van der Waals surface area contributed by atoms with Crippen LogP contribution in [0.3, 0.4) is 0 Å². The number of nitrogens with zero attached hydrogens (tertiary/aromatic N) is 2. The van der Waals surface area contributed by atoms with Crippen LogP contribution in [0.25, 0.3) is 0 Å². The lowest BCUT2D eigenvalue weighted by atomic mass is 10.1. The Balaban J connectivity index is 2.18. The van der Waals surface area contributed by atoms with Gasteiger partial charge in [-0.15, -0.1) is 0 Å². The zero-order valence-corrected chi connectivity index (χ0v) is 11.7. The van der Waals surface area contributed by atoms with E-state index in [4.69, 9.17) is 4.74 Å². The monoisotopic (exact) mass is 299 g/mol. The maximum Gasteiger partial charge on any atom is 0.320 e. The molecule has 114 valence electrons. The number of hydrogen-bond donors (Lipinski definition) is 1. The van der Waals surface area contributed by atoms with Gasteiger partial charge in [0.15, 0.2) is 5.82 Å². The smallest absolute Gasteiger partial charge is 0.320 e. The number of benzene rings is 1. The molecule has 0 saturated carbocycles. The summed E-state index contributed by atoms with van der Waals surface area (Å²) in [5.41, 5.74) is 0.618. The molecule has 1 unspecified atom stereocenters. The second-order valence-corrected chi connectivity index (χ2v) is 4.51. The van der Waals surface area contributed by atoms with E-state index < -0.39 is 6.55 Å². The molecular weight excluding hydrogens is 283 g/mol. The van der Waals surface area contributed by atoms with Gasteiger partial charge in [-0.25, -0.2) is 9.37 Å². The highest BCUT2D eigenvalue weighted by Crippen LogP contribution is 2.27. The first-order chi connectivity index (χ1) is 10.0. The highest BCUT2D eigenvalue weighted by Gasteiger charge is 2.15. The van der Waals surface area contributed by atoms with Crippen molar-refractivity contribution in [2.24, 2.45) is 0 Å². The fourth-order valence-corrected chi connectivity index (χ4v) is 1.92. The van der Waals surface area contributed by atoms with Gasteiger partial charge in [0.1, 0.15) is 18.2 Å². The van der Waals surface area contributed by atoms with E-state index >= 15 is 0 Å². The minimum absolute atomic E-state index is 0.109. The van der Waals surface area contributed by atoms with Crippen molar-refractivity contribution in [1.82, 2.24) is 14.9 Å². The summed E-state index contributed by atoms with van der Waals surface area (Å²) in [5, 5.41) is 2.98. The highest BCUT2D eigenvalue weighted by molar-refractivity contribution is 5.36. The minimum Gasteiger partial charge on any atom is -0.485 e. The Labute approximate surface area is 120 Å². The Morgan fingerprint density at radius 1 is 1.38 bits per heavy atom. The number of imidazole rings is 1. The van der Waals surface area contributed by atoms with Gasteiger partial charge in [-0.05, 0) is 32.2 Å². The Kier molecular flexibility index (Phi) is 4.85. The van der Waals surface area contributed by atoms with E-state index in [1.54, 1.807) is 7.05 Å². The molecule has 0 saturated heterocycles. The molecule has 2 rings (SSSR count). The van der Waals surface area contributed by atoms with Crippen LogP contribution in [0.5, 0.6) is 5.75 Å². The molecule has 1 N–H and O–H groups in total. The van der Waals surface area contributed by atoms with Gasteiger partial charge in [-0.3, -0.25) is 4.57 Å². The molecule has 0 amide bonds. The zero-order valence-electron chi connectivity index (χ0n) is 11.7. The van der Waals surface area contributed by atoms with Crippen molar-refractivity contribution < 1.29 is 17.9 Å². The normalized spacial score (nSPS) is 12.7. The van der Waals surface area contributed by atoms with Gasteiger partial charge in [-0.1, -0.05) is 0 Å². The molecule has 0 aliphatic heterocycles. The second kappa shape index (κ2) is 6.62. The summed E-state index contributed by atoms with van der Waals surface area (Å²) in [7, 11) is 1.74. The number of nitrogens with one attached hydrogen (secondary N) is 1. The van der Waals surface area contributed by atoms with Crippen molar-refractivity contribution >= 4 is 0 Å². The maximum absolute atomic E-state index is 13.3. The summed E-state index contributed by atoms with van der Waals surface area (Å²) in [6.07, 6.45) is 2.47. The first-order valence-corrected chi connectivity index (χ1v) is 6.42. The predicted octanol–water partition coefficient (Wildman–Crippen LogP) is 3.28. The molecule has 0 radical (unpaired) electrons. The minimum atomic E-state index is -2.67. The summed E-state index contributed by atoms with van der Waals surface area (Å²) in [5.74, 6) is 0.160. The average Bonchev–Trinajstić information content (AvgIpc) is 2.93. The maximum atomic E-state index is 13.3. The van der Waals surface area contributed by atoms with Gasteiger partial charge in [0.05, 0.1) is 0 Å². The number of rotatable bonds is 6. The largest absolute Gasteiger partial charge is 0.485 e. The quantitative estimate of drug-likeness (QED) is 0.889. The molecule has 0 aliphatic carbocycles. The van der Waals surface area contributed by atoms with Crippen LogP contribution in [0.4, 0.5) is 13.2 Å². The molecule has 21 heavy (non-hydrogen) atoms. The van der Waals surface area contributed by atoms with Crippen LogP contribution in [0.1, 0.15) is 30.9 Å². The fourth-order valence-electron chi connectivity index (χ4n) is 1.92. The van der Waals surface area contributed by atoms with Crippen LogP contribution >= 0.6 is 0 Å². The van der Waals surface area contributed by atoms with Crippen molar-refractivity contribution in [3.05, 3.63) is 47.8 Å². The summed E-state index contributed by atoms with van der Waals surface area (Å²) in [6, 6.07) is 3.97. The van der Waals surface area contributed by atoms with Crippen LogP contribution in [-0.4, -0.2) is 16.6 Å². The molecule has 0 aliphatic rings. The van der Waals surface area contributed by atoms with Crippen LogP contribution in [0.15, 0.2) is 30.6 Å². The third-order valence-electron chi connectivity index (χ3n) is 3.19. The number of ether oxygens (including phenoxy) is 1. The number of hydrogen-bond acceptors (Lipinski definition) is 3. The van der Waals surface area contributed by atoms with E-state index in [-0.39, 0.29) is 24.3 Å². The van der Waals surface area contributed by atoms with Gasteiger partial charge in [0.2, 0.25) is 0 Å². The van der Waals surface area contributed by atoms with Crippen LogP contribution in [0.2, 0.25) is 0 Å². The number of aromatic nitrogens is 2. The Hall–Kier alpha value is -2.02. The third kappa shape index (κ3) is 3.55. The number of halogens is 3. The summed E-state index contributed by atoms with van der Waals surface area (Å²) in [4.78, 5) is 3.83.